The fraction of sp³-hybridized carbons (Fsp3) is 0.640. The van der Waals surface area contributed by atoms with Crippen molar-refractivity contribution >= 4 is 35.0 Å². The monoisotopic (exact) mass is 496 g/mol. The minimum absolute atomic E-state index is 0.0155. The fourth-order valence-corrected chi connectivity index (χ4v) is 5.65. The lowest BCUT2D eigenvalue weighted by Crippen LogP contribution is -2.42. The molecule has 0 saturated carbocycles. The molecule has 3 rings (SSSR count). The molecule has 33 heavy (non-hydrogen) atoms. The zero-order valence-corrected chi connectivity index (χ0v) is 22.2. The molecule has 0 aliphatic carbocycles. The average Bonchev–Trinajstić information content (AvgIpc) is 3.01. The standard InChI is InChI=1S/C25H37ClN2O4S/c1-16(2)18-15-21-19(14-20(18)26)23(28(32-21)33-24(3,4)5)17-8-11-27(12-9-17)22(29)10-13-31-25(6,7)30/h14-15,17,23,30H,1,8-13H2,2-7H3. The summed E-state index contributed by atoms with van der Waals surface area (Å²) in [7, 11) is 0. The van der Waals surface area contributed by atoms with Crippen molar-refractivity contribution in [2.45, 2.75) is 77.4 Å². The minimum Gasteiger partial charge on any atom is -0.394 e. The van der Waals surface area contributed by atoms with Crippen LogP contribution in [0.15, 0.2) is 18.7 Å². The molecule has 0 aromatic heterocycles. The second-order valence-electron chi connectivity index (χ2n) is 10.4. The second-order valence-corrected chi connectivity index (χ2v) is 12.6. The van der Waals surface area contributed by atoms with Crippen molar-refractivity contribution < 1.29 is 19.5 Å². The van der Waals surface area contributed by atoms with Crippen LogP contribution < -0.4 is 4.84 Å². The Morgan fingerprint density at radius 2 is 1.91 bits per heavy atom. The van der Waals surface area contributed by atoms with Crippen molar-refractivity contribution in [3.8, 4) is 5.75 Å². The SMILES string of the molecule is C=C(C)c1cc2c(cc1Cl)C(C1CCN(C(=O)CCOC(C)(C)O)CC1)N(SC(C)(C)C)O2. The first-order chi connectivity index (χ1) is 15.2. The number of carbonyl (C=O) groups excluding carboxylic acids is 1. The Bertz CT molecular complexity index is 886. The Kier molecular flexibility index (Phi) is 8.12. The number of fused-ring (bicyclic) bond motifs is 1. The van der Waals surface area contributed by atoms with Crippen molar-refractivity contribution in [2.24, 2.45) is 5.92 Å². The van der Waals surface area contributed by atoms with E-state index >= 15 is 0 Å². The highest BCUT2D eigenvalue weighted by atomic mass is 35.5. The van der Waals surface area contributed by atoms with Crippen LogP contribution in [0.1, 0.15) is 78.0 Å². The van der Waals surface area contributed by atoms with Gasteiger partial charge < -0.3 is 19.6 Å². The maximum absolute atomic E-state index is 12.6. The van der Waals surface area contributed by atoms with E-state index in [1.807, 2.05) is 28.4 Å². The summed E-state index contributed by atoms with van der Waals surface area (Å²) in [6, 6.07) is 4.09. The summed E-state index contributed by atoms with van der Waals surface area (Å²) in [5.74, 6) is 0.0181. The van der Waals surface area contributed by atoms with E-state index in [1.54, 1.807) is 25.8 Å². The van der Waals surface area contributed by atoms with Crippen LogP contribution in [0.25, 0.3) is 5.57 Å². The van der Waals surface area contributed by atoms with Gasteiger partial charge in [-0.2, -0.15) is 0 Å². The van der Waals surface area contributed by atoms with Gasteiger partial charge in [-0.1, -0.05) is 22.6 Å². The number of likely N-dealkylation sites (tertiary alicyclic amines) is 1. The Hall–Kier alpha value is -1.25. The number of nitrogens with zero attached hydrogens (tertiary/aromatic N) is 2. The second kappa shape index (κ2) is 10.2. The van der Waals surface area contributed by atoms with Gasteiger partial charge in [0.05, 0.1) is 19.1 Å². The summed E-state index contributed by atoms with van der Waals surface area (Å²) in [6.07, 6.45) is 2.04. The molecule has 1 amide bonds. The molecule has 1 fully saturated rings. The smallest absolute Gasteiger partial charge is 0.224 e. The number of amides is 1. The van der Waals surface area contributed by atoms with E-state index in [2.05, 4.69) is 27.4 Å². The van der Waals surface area contributed by atoms with Crippen molar-refractivity contribution in [1.82, 2.24) is 9.37 Å². The third-order valence-electron chi connectivity index (χ3n) is 5.77. The number of halogens is 1. The molecule has 184 valence electrons. The predicted octanol–water partition coefficient (Wildman–Crippen LogP) is 5.84. The zero-order valence-electron chi connectivity index (χ0n) is 20.6. The van der Waals surface area contributed by atoms with E-state index in [0.717, 1.165) is 35.3 Å². The molecular weight excluding hydrogens is 460 g/mol. The van der Waals surface area contributed by atoms with Crippen LogP contribution in [-0.2, 0) is 9.53 Å². The van der Waals surface area contributed by atoms with Gasteiger partial charge in [-0.3, -0.25) is 4.79 Å². The van der Waals surface area contributed by atoms with E-state index in [0.29, 0.717) is 24.0 Å². The van der Waals surface area contributed by atoms with E-state index < -0.39 is 5.79 Å². The molecule has 1 atom stereocenters. The molecule has 2 aliphatic heterocycles. The Morgan fingerprint density at radius 3 is 2.45 bits per heavy atom. The molecule has 0 radical (unpaired) electrons. The van der Waals surface area contributed by atoms with Gasteiger partial charge in [0.1, 0.15) is 0 Å². The van der Waals surface area contributed by atoms with Crippen molar-refractivity contribution in [2.75, 3.05) is 19.7 Å². The van der Waals surface area contributed by atoms with Crippen LogP contribution in [0.2, 0.25) is 5.02 Å². The molecule has 0 spiro atoms. The Morgan fingerprint density at radius 1 is 1.27 bits per heavy atom. The van der Waals surface area contributed by atoms with Crippen LogP contribution in [0.4, 0.5) is 0 Å². The van der Waals surface area contributed by atoms with Gasteiger partial charge >= 0.3 is 0 Å². The highest BCUT2D eigenvalue weighted by Crippen LogP contribution is 2.51. The van der Waals surface area contributed by atoms with Crippen LogP contribution >= 0.6 is 23.5 Å². The third kappa shape index (κ3) is 6.89. The molecule has 6 nitrogen and oxygen atoms in total. The van der Waals surface area contributed by atoms with Crippen LogP contribution in [0.5, 0.6) is 5.75 Å². The topological polar surface area (TPSA) is 62.2 Å². The van der Waals surface area contributed by atoms with Gasteiger partial charge in [0.25, 0.3) is 0 Å². The summed E-state index contributed by atoms with van der Waals surface area (Å²) >= 11 is 8.30. The normalized spacial score (nSPS) is 20.0. The van der Waals surface area contributed by atoms with Crippen LogP contribution in [0, 0.1) is 5.92 Å². The molecule has 1 saturated heterocycles. The number of carbonyl (C=O) groups is 1. The quantitative estimate of drug-likeness (QED) is 0.377. The Balaban J connectivity index is 1.72. The summed E-state index contributed by atoms with van der Waals surface area (Å²) in [6.45, 7) is 17.2. The molecule has 1 unspecified atom stereocenters. The predicted molar refractivity (Wildman–Crippen MR) is 135 cm³/mol. The van der Waals surface area contributed by atoms with Gasteiger partial charge in [-0.05, 0) is 95.5 Å². The van der Waals surface area contributed by atoms with Crippen molar-refractivity contribution in [3.63, 3.8) is 0 Å². The molecule has 1 N–H and O–H groups in total. The lowest BCUT2D eigenvalue weighted by atomic mass is 9.85. The highest BCUT2D eigenvalue weighted by Gasteiger charge is 2.42. The first-order valence-corrected chi connectivity index (χ1v) is 12.7. The molecule has 0 bridgehead atoms. The fourth-order valence-electron chi connectivity index (χ4n) is 4.26. The number of piperidine rings is 1. The molecule has 2 heterocycles. The first-order valence-electron chi connectivity index (χ1n) is 11.5. The van der Waals surface area contributed by atoms with Gasteiger partial charge in [0.2, 0.25) is 5.91 Å². The zero-order chi connectivity index (χ0) is 24.6. The summed E-state index contributed by atoms with van der Waals surface area (Å²) in [4.78, 5) is 20.8. The molecule has 8 heteroatoms. The molecule has 1 aromatic rings. The van der Waals surface area contributed by atoms with Gasteiger partial charge in [-0.15, -0.1) is 0 Å². The van der Waals surface area contributed by atoms with Crippen molar-refractivity contribution in [1.29, 1.82) is 0 Å². The van der Waals surface area contributed by atoms with E-state index in [-0.39, 0.29) is 29.7 Å². The number of rotatable bonds is 7. The number of benzene rings is 1. The summed E-state index contributed by atoms with van der Waals surface area (Å²) in [5, 5.41) is 10.4. The number of hydrogen-bond donors (Lipinski definition) is 1. The largest absolute Gasteiger partial charge is 0.394 e. The first kappa shape index (κ1) is 26.4. The van der Waals surface area contributed by atoms with Gasteiger partial charge in [-0.25, -0.2) is 0 Å². The summed E-state index contributed by atoms with van der Waals surface area (Å²) < 4.78 is 7.31. The summed E-state index contributed by atoms with van der Waals surface area (Å²) in [5.41, 5.74) is 2.92. The maximum Gasteiger partial charge on any atom is 0.224 e. The average molecular weight is 497 g/mol. The van der Waals surface area contributed by atoms with E-state index in [9.17, 15) is 9.90 Å². The lowest BCUT2D eigenvalue weighted by Gasteiger charge is -2.38. The van der Waals surface area contributed by atoms with Gasteiger partial charge in [0, 0.05) is 28.4 Å². The number of allylic oxidation sites excluding steroid dienone is 1. The number of ether oxygens (including phenoxy) is 1. The molecule has 2 aliphatic rings. The van der Waals surface area contributed by atoms with E-state index in [1.165, 1.54) is 0 Å². The third-order valence-corrected chi connectivity index (χ3v) is 7.11. The molecule has 1 aromatic carbocycles. The maximum atomic E-state index is 12.6. The van der Waals surface area contributed by atoms with Crippen molar-refractivity contribution in [3.05, 3.63) is 34.9 Å². The highest BCUT2D eigenvalue weighted by molar-refractivity contribution is 7.98. The number of hydroxylamine groups is 1. The number of hydrogen-bond acceptors (Lipinski definition) is 6. The van der Waals surface area contributed by atoms with Crippen LogP contribution in [-0.4, -0.2) is 50.6 Å². The van der Waals surface area contributed by atoms with Gasteiger partial charge in [0.15, 0.2) is 11.5 Å². The minimum atomic E-state index is -1.22. The number of aliphatic hydroxyl groups is 1. The molecular formula is C25H37ClN2O4S. The van der Waals surface area contributed by atoms with Crippen LogP contribution in [0.3, 0.4) is 0 Å². The van der Waals surface area contributed by atoms with E-state index in [4.69, 9.17) is 21.2 Å². The lowest BCUT2D eigenvalue weighted by molar-refractivity contribution is -0.178. The Labute approximate surface area is 207 Å².